The number of allylic oxidation sites excluding steroid dienone is 3. The molecule has 2 rings (SSSR count). The molecule has 3 heteroatoms. The number of carbonyl (C=O) groups is 1. The second kappa shape index (κ2) is 4.06. The molecule has 1 amide bonds. The number of ether oxygens (including phenoxy) is 1. The maximum absolute atomic E-state index is 12.3. The van der Waals surface area contributed by atoms with E-state index in [1.807, 2.05) is 29.2 Å². The number of methoxy groups -OCH3 is 1. The van der Waals surface area contributed by atoms with E-state index in [-0.39, 0.29) is 17.4 Å². The van der Waals surface area contributed by atoms with Gasteiger partial charge >= 0.3 is 0 Å². The Balaban J connectivity index is 2.30. The predicted octanol–water partition coefficient (Wildman–Crippen LogP) is 2.27. The molecule has 0 spiro atoms. The van der Waals surface area contributed by atoms with Crippen LogP contribution < -0.4 is 0 Å². The van der Waals surface area contributed by atoms with E-state index >= 15 is 0 Å². The van der Waals surface area contributed by atoms with Gasteiger partial charge in [0.25, 0.3) is 0 Å². The number of amides is 1. The quantitative estimate of drug-likeness (QED) is 0.695. The largest absolute Gasteiger partial charge is 0.497 e. The molecular weight excluding hydrogens is 214 g/mol. The van der Waals surface area contributed by atoms with Crippen LogP contribution in [0.3, 0.4) is 0 Å². The number of rotatable bonds is 1. The molecule has 0 bridgehead atoms. The van der Waals surface area contributed by atoms with Crippen molar-refractivity contribution in [3.63, 3.8) is 0 Å². The van der Waals surface area contributed by atoms with Gasteiger partial charge in [0.15, 0.2) is 0 Å². The highest BCUT2D eigenvalue weighted by Gasteiger charge is 2.39. The molecule has 1 aliphatic heterocycles. The monoisotopic (exact) mass is 233 g/mol. The van der Waals surface area contributed by atoms with E-state index in [2.05, 4.69) is 20.8 Å². The van der Waals surface area contributed by atoms with Gasteiger partial charge in [-0.25, -0.2) is 0 Å². The molecule has 0 N–H and O–H groups in total. The average molecular weight is 233 g/mol. The molecule has 17 heavy (non-hydrogen) atoms. The first kappa shape index (κ1) is 12.0. The van der Waals surface area contributed by atoms with E-state index in [0.717, 1.165) is 11.3 Å². The predicted molar refractivity (Wildman–Crippen MR) is 67.3 cm³/mol. The lowest BCUT2D eigenvalue weighted by molar-refractivity contribution is -0.133. The van der Waals surface area contributed by atoms with Gasteiger partial charge in [0, 0.05) is 12.1 Å². The fraction of sp³-hybridized carbons (Fsp3) is 0.500. The van der Waals surface area contributed by atoms with Gasteiger partial charge in [-0.05, 0) is 38.5 Å². The van der Waals surface area contributed by atoms with Crippen LogP contribution in [-0.4, -0.2) is 30.0 Å². The van der Waals surface area contributed by atoms with Crippen LogP contribution in [0.25, 0.3) is 0 Å². The van der Waals surface area contributed by atoms with Crippen LogP contribution in [0.4, 0.5) is 0 Å². The molecule has 0 aromatic heterocycles. The van der Waals surface area contributed by atoms with Gasteiger partial charge in [-0.2, -0.15) is 0 Å². The summed E-state index contributed by atoms with van der Waals surface area (Å²) in [4.78, 5) is 14.2. The Bertz CT molecular complexity index is 424. The number of fused-ring (bicyclic) bond motifs is 1. The first-order valence-corrected chi connectivity index (χ1v) is 5.88. The minimum atomic E-state index is -0.119. The molecule has 1 atom stereocenters. The summed E-state index contributed by atoms with van der Waals surface area (Å²) in [6, 6.07) is 0. The van der Waals surface area contributed by atoms with Gasteiger partial charge in [-0.3, -0.25) is 4.79 Å². The summed E-state index contributed by atoms with van der Waals surface area (Å²) in [7, 11) is 1.64. The van der Waals surface area contributed by atoms with E-state index in [1.54, 1.807) is 7.11 Å². The summed E-state index contributed by atoms with van der Waals surface area (Å²) in [5.41, 5.74) is 1.03. The second-order valence-electron chi connectivity index (χ2n) is 5.45. The Hall–Kier alpha value is -1.51. The van der Waals surface area contributed by atoms with Crippen molar-refractivity contribution in [1.82, 2.24) is 4.90 Å². The number of likely N-dealkylation sites (tertiary alicyclic amines) is 1. The highest BCUT2D eigenvalue weighted by Crippen LogP contribution is 2.32. The van der Waals surface area contributed by atoms with Crippen molar-refractivity contribution < 1.29 is 9.53 Å². The third kappa shape index (κ3) is 2.14. The zero-order valence-electron chi connectivity index (χ0n) is 10.9. The number of hydrogen-bond donors (Lipinski definition) is 0. The SMILES string of the molecule is COC1=CC=C2CN(C(C)(C)C)C(=O)C2C=C1. The summed E-state index contributed by atoms with van der Waals surface area (Å²) in [5, 5.41) is 0. The topological polar surface area (TPSA) is 29.5 Å². The van der Waals surface area contributed by atoms with Crippen molar-refractivity contribution in [2.75, 3.05) is 13.7 Å². The number of hydrogen-bond acceptors (Lipinski definition) is 2. The van der Waals surface area contributed by atoms with Gasteiger partial charge in [-0.15, -0.1) is 0 Å². The van der Waals surface area contributed by atoms with Crippen molar-refractivity contribution in [3.8, 4) is 0 Å². The molecule has 0 aromatic carbocycles. The summed E-state index contributed by atoms with van der Waals surface area (Å²) < 4.78 is 5.17. The van der Waals surface area contributed by atoms with E-state index in [4.69, 9.17) is 4.74 Å². The third-order valence-electron chi connectivity index (χ3n) is 3.23. The van der Waals surface area contributed by atoms with Crippen LogP contribution in [0.1, 0.15) is 20.8 Å². The first-order chi connectivity index (χ1) is 7.93. The van der Waals surface area contributed by atoms with Gasteiger partial charge in [0.1, 0.15) is 5.76 Å². The zero-order valence-corrected chi connectivity index (χ0v) is 10.9. The van der Waals surface area contributed by atoms with Gasteiger partial charge in [-0.1, -0.05) is 12.2 Å². The van der Waals surface area contributed by atoms with Crippen LogP contribution in [0.5, 0.6) is 0 Å². The lowest BCUT2D eigenvalue weighted by Gasteiger charge is -2.31. The van der Waals surface area contributed by atoms with E-state index in [0.29, 0.717) is 6.54 Å². The average Bonchev–Trinajstić information content (AvgIpc) is 2.46. The van der Waals surface area contributed by atoms with Crippen molar-refractivity contribution in [2.45, 2.75) is 26.3 Å². The van der Waals surface area contributed by atoms with Crippen LogP contribution in [0.2, 0.25) is 0 Å². The zero-order chi connectivity index (χ0) is 12.6. The third-order valence-corrected chi connectivity index (χ3v) is 3.23. The Morgan fingerprint density at radius 3 is 2.65 bits per heavy atom. The molecular formula is C14H19NO2. The molecule has 1 unspecified atom stereocenters. The van der Waals surface area contributed by atoms with Crippen LogP contribution >= 0.6 is 0 Å². The summed E-state index contributed by atoms with van der Waals surface area (Å²) >= 11 is 0. The van der Waals surface area contributed by atoms with Gasteiger partial charge in [0.05, 0.1) is 13.0 Å². The van der Waals surface area contributed by atoms with Crippen molar-refractivity contribution >= 4 is 5.91 Å². The Kier molecular flexibility index (Phi) is 2.86. The normalized spacial score (nSPS) is 24.1. The lowest BCUT2D eigenvalue weighted by Crippen LogP contribution is -2.42. The summed E-state index contributed by atoms with van der Waals surface area (Å²) in [5.74, 6) is 0.867. The molecule has 0 saturated carbocycles. The minimum absolute atomic E-state index is 0.113. The molecule has 3 nitrogen and oxygen atoms in total. The van der Waals surface area contributed by atoms with E-state index < -0.39 is 0 Å². The Morgan fingerprint density at radius 1 is 1.35 bits per heavy atom. The van der Waals surface area contributed by atoms with Gasteiger partial charge in [0.2, 0.25) is 5.91 Å². The number of carbonyl (C=O) groups excluding carboxylic acids is 1. The molecule has 0 aromatic rings. The minimum Gasteiger partial charge on any atom is -0.497 e. The van der Waals surface area contributed by atoms with Crippen LogP contribution in [0, 0.1) is 5.92 Å². The standard InChI is InChI=1S/C14H19NO2/c1-14(2,3)15-9-10-5-6-11(17-4)7-8-12(10)13(15)16/h5-8,12H,9H2,1-4H3. The number of nitrogens with zero attached hydrogens (tertiary/aromatic N) is 1. The molecule has 1 heterocycles. The molecule has 1 fully saturated rings. The fourth-order valence-electron chi connectivity index (χ4n) is 2.19. The van der Waals surface area contributed by atoms with Crippen molar-refractivity contribution in [1.29, 1.82) is 0 Å². The lowest BCUT2D eigenvalue weighted by atomic mass is 10.0. The Morgan fingerprint density at radius 2 is 2.06 bits per heavy atom. The molecule has 1 aliphatic carbocycles. The van der Waals surface area contributed by atoms with Crippen molar-refractivity contribution in [3.05, 3.63) is 35.6 Å². The Labute approximate surface area is 102 Å². The van der Waals surface area contributed by atoms with E-state index in [1.165, 1.54) is 0 Å². The molecule has 2 aliphatic rings. The van der Waals surface area contributed by atoms with Gasteiger partial charge < -0.3 is 9.64 Å². The molecule has 1 saturated heterocycles. The summed E-state index contributed by atoms with van der Waals surface area (Å²) in [6.07, 6.45) is 7.74. The molecule has 92 valence electrons. The second-order valence-corrected chi connectivity index (χ2v) is 5.45. The highest BCUT2D eigenvalue weighted by atomic mass is 16.5. The first-order valence-electron chi connectivity index (χ1n) is 5.88. The maximum Gasteiger partial charge on any atom is 0.234 e. The highest BCUT2D eigenvalue weighted by molar-refractivity contribution is 5.88. The van der Waals surface area contributed by atoms with Crippen LogP contribution in [0.15, 0.2) is 35.6 Å². The molecule has 0 radical (unpaired) electrons. The fourth-order valence-corrected chi connectivity index (χ4v) is 2.19. The summed E-state index contributed by atoms with van der Waals surface area (Å²) in [6.45, 7) is 6.91. The maximum atomic E-state index is 12.3. The van der Waals surface area contributed by atoms with Crippen LogP contribution in [-0.2, 0) is 9.53 Å². The van der Waals surface area contributed by atoms with Crippen molar-refractivity contribution in [2.24, 2.45) is 5.92 Å². The smallest absolute Gasteiger partial charge is 0.234 e. The van der Waals surface area contributed by atoms with E-state index in [9.17, 15) is 4.79 Å².